The van der Waals surface area contributed by atoms with Crippen LogP contribution >= 0.6 is 11.6 Å². The van der Waals surface area contributed by atoms with Gasteiger partial charge < -0.3 is 10.6 Å². The van der Waals surface area contributed by atoms with Gasteiger partial charge in [-0.3, -0.25) is 0 Å². The summed E-state index contributed by atoms with van der Waals surface area (Å²) in [5.41, 5.74) is 8.07. The molecule has 152 valence electrons. The Balaban J connectivity index is 2.22. The Morgan fingerprint density at radius 1 is 0.759 bits per heavy atom. The van der Waals surface area contributed by atoms with Gasteiger partial charge in [-0.25, -0.2) is 0 Å². The monoisotopic (exact) mass is 406 g/mol. The van der Waals surface area contributed by atoms with Crippen LogP contribution in [-0.4, -0.2) is 13.1 Å². The first-order valence-electron chi connectivity index (χ1n) is 10.4. The van der Waals surface area contributed by atoms with E-state index in [1.54, 1.807) is 0 Å². The lowest BCUT2D eigenvalue weighted by Crippen LogP contribution is -2.26. The van der Waals surface area contributed by atoms with Crippen LogP contribution in [0.1, 0.15) is 48.6 Å². The van der Waals surface area contributed by atoms with Gasteiger partial charge >= 0.3 is 0 Å². The minimum absolute atomic E-state index is 0.358. The maximum Gasteiger partial charge on any atom is 0.0450 e. The van der Waals surface area contributed by atoms with Crippen LogP contribution in [0.25, 0.3) is 0 Å². The van der Waals surface area contributed by atoms with Crippen LogP contribution in [0.2, 0.25) is 5.02 Å². The molecule has 0 aliphatic carbocycles. The highest BCUT2D eigenvalue weighted by Crippen LogP contribution is 2.43. The van der Waals surface area contributed by atoms with E-state index < -0.39 is 0 Å². The van der Waals surface area contributed by atoms with Gasteiger partial charge in [0.15, 0.2) is 0 Å². The third-order valence-corrected chi connectivity index (χ3v) is 6.08. The fraction of sp³-hybridized carbons (Fsp3) is 0.308. The number of hydrogen-bond donors (Lipinski definition) is 2. The smallest absolute Gasteiger partial charge is 0.0450 e. The molecule has 0 aliphatic rings. The Hall–Kier alpha value is -2.45. The summed E-state index contributed by atoms with van der Waals surface area (Å²) in [6.45, 7) is 12.7. The SMILES string of the molecule is CCNc1ccc(C(C)(c2ccc(NCC)c(C)c2)c2ccccc2Cl)cc1C. The average Bonchev–Trinajstić information content (AvgIpc) is 2.71. The number of anilines is 2. The molecule has 2 nitrogen and oxygen atoms in total. The summed E-state index contributed by atoms with van der Waals surface area (Å²) in [6.07, 6.45) is 0. The van der Waals surface area contributed by atoms with Crippen molar-refractivity contribution < 1.29 is 0 Å². The van der Waals surface area contributed by atoms with E-state index in [9.17, 15) is 0 Å². The first-order chi connectivity index (χ1) is 13.9. The third kappa shape index (κ3) is 4.13. The van der Waals surface area contributed by atoms with E-state index in [2.05, 4.69) is 93.8 Å². The van der Waals surface area contributed by atoms with E-state index in [0.717, 1.165) is 23.7 Å². The van der Waals surface area contributed by atoms with Gasteiger partial charge in [-0.1, -0.05) is 54.1 Å². The first-order valence-corrected chi connectivity index (χ1v) is 10.7. The van der Waals surface area contributed by atoms with Crippen LogP contribution < -0.4 is 10.6 Å². The zero-order chi connectivity index (χ0) is 21.0. The molecule has 0 aromatic heterocycles. The molecule has 2 N–H and O–H groups in total. The maximum atomic E-state index is 6.73. The number of benzene rings is 3. The van der Waals surface area contributed by atoms with Gasteiger partial charge in [-0.2, -0.15) is 0 Å². The highest BCUT2D eigenvalue weighted by molar-refractivity contribution is 6.31. The van der Waals surface area contributed by atoms with E-state index in [-0.39, 0.29) is 5.41 Å². The quantitative estimate of drug-likeness (QED) is 0.406. The Labute approximate surface area is 180 Å². The molecule has 0 saturated heterocycles. The lowest BCUT2D eigenvalue weighted by molar-refractivity contribution is 0.691. The Bertz CT molecular complexity index is 938. The summed E-state index contributed by atoms with van der Waals surface area (Å²) >= 11 is 6.73. The van der Waals surface area contributed by atoms with Gasteiger partial charge in [0.2, 0.25) is 0 Å². The van der Waals surface area contributed by atoms with Crippen molar-refractivity contribution in [2.45, 2.75) is 40.0 Å². The summed E-state index contributed by atoms with van der Waals surface area (Å²) in [5.74, 6) is 0. The van der Waals surface area contributed by atoms with Gasteiger partial charge in [0.1, 0.15) is 0 Å². The highest BCUT2D eigenvalue weighted by atomic mass is 35.5. The maximum absolute atomic E-state index is 6.73. The van der Waals surface area contributed by atoms with Gasteiger partial charge in [0.25, 0.3) is 0 Å². The van der Waals surface area contributed by atoms with E-state index in [1.807, 2.05) is 12.1 Å². The fourth-order valence-corrected chi connectivity index (χ4v) is 4.40. The topological polar surface area (TPSA) is 24.1 Å². The van der Waals surface area contributed by atoms with Gasteiger partial charge in [-0.15, -0.1) is 0 Å². The standard InChI is InChI=1S/C26H31ClN2/c1-6-28-24-14-12-20(16-18(24)3)26(5,22-10-8-9-11-23(22)27)21-13-15-25(29-7-2)19(4)17-21/h8-17,28-29H,6-7H2,1-5H3. The summed E-state index contributed by atoms with van der Waals surface area (Å²) in [6, 6.07) is 21.6. The molecule has 0 fully saturated rings. The zero-order valence-electron chi connectivity index (χ0n) is 18.1. The second-order valence-electron chi connectivity index (χ2n) is 7.72. The van der Waals surface area contributed by atoms with Crippen molar-refractivity contribution in [1.82, 2.24) is 0 Å². The van der Waals surface area contributed by atoms with Crippen molar-refractivity contribution >= 4 is 23.0 Å². The minimum atomic E-state index is -0.358. The Morgan fingerprint density at radius 2 is 1.24 bits per heavy atom. The van der Waals surface area contributed by atoms with Gasteiger partial charge in [0, 0.05) is 34.9 Å². The molecule has 0 spiro atoms. The summed E-state index contributed by atoms with van der Waals surface area (Å²) in [5, 5.41) is 7.67. The molecule has 0 radical (unpaired) electrons. The number of hydrogen-bond acceptors (Lipinski definition) is 2. The normalized spacial score (nSPS) is 11.4. The Kier molecular flexibility index (Phi) is 6.54. The summed E-state index contributed by atoms with van der Waals surface area (Å²) in [7, 11) is 0. The molecular weight excluding hydrogens is 376 g/mol. The van der Waals surface area contributed by atoms with E-state index in [1.165, 1.54) is 33.6 Å². The first kappa shape index (κ1) is 21.3. The van der Waals surface area contributed by atoms with Crippen LogP contribution in [-0.2, 0) is 5.41 Å². The molecular formula is C26H31ClN2. The third-order valence-electron chi connectivity index (χ3n) is 5.75. The van der Waals surface area contributed by atoms with Crippen LogP contribution in [0.4, 0.5) is 11.4 Å². The number of halogens is 1. The molecule has 3 heteroatoms. The van der Waals surface area contributed by atoms with Crippen molar-refractivity contribution in [3.8, 4) is 0 Å². The minimum Gasteiger partial charge on any atom is -0.385 e. The van der Waals surface area contributed by atoms with Crippen molar-refractivity contribution in [3.63, 3.8) is 0 Å². The molecule has 0 atom stereocenters. The zero-order valence-corrected chi connectivity index (χ0v) is 18.8. The van der Waals surface area contributed by atoms with Crippen molar-refractivity contribution in [3.05, 3.63) is 93.5 Å². The van der Waals surface area contributed by atoms with Crippen molar-refractivity contribution in [1.29, 1.82) is 0 Å². The lowest BCUT2D eigenvalue weighted by atomic mass is 9.70. The van der Waals surface area contributed by atoms with Crippen LogP contribution in [0.3, 0.4) is 0 Å². The van der Waals surface area contributed by atoms with Crippen molar-refractivity contribution in [2.24, 2.45) is 0 Å². The molecule has 0 heterocycles. The summed E-state index contributed by atoms with van der Waals surface area (Å²) < 4.78 is 0. The molecule has 0 bridgehead atoms. The molecule has 0 unspecified atom stereocenters. The summed E-state index contributed by atoms with van der Waals surface area (Å²) in [4.78, 5) is 0. The number of nitrogens with one attached hydrogen (secondary N) is 2. The highest BCUT2D eigenvalue weighted by Gasteiger charge is 2.33. The van der Waals surface area contributed by atoms with Crippen LogP contribution in [0, 0.1) is 13.8 Å². The fourth-order valence-electron chi connectivity index (χ4n) is 4.07. The largest absolute Gasteiger partial charge is 0.385 e. The molecule has 0 amide bonds. The molecule has 29 heavy (non-hydrogen) atoms. The molecule has 3 aromatic carbocycles. The second kappa shape index (κ2) is 8.92. The Morgan fingerprint density at radius 3 is 1.66 bits per heavy atom. The van der Waals surface area contributed by atoms with Crippen molar-refractivity contribution in [2.75, 3.05) is 23.7 Å². The average molecular weight is 407 g/mol. The number of aryl methyl sites for hydroxylation is 2. The molecule has 3 rings (SSSR count). The molecule has 0 aliphatic heterocycles. The lowest BCUT2D eigenvalue weighted by Gasteiger charge is -2.34. The predicted octanol–water partition coefficient (Wildman–Crippen LogP) is 7.17. The van der Waals surface area contributed by atoms with E-state index in [0.29, 0.717) is 0 Å². The van der Waals surface area contributed by atoms with Crippen LogP contribution in [0.5, 0.6) is 0 Å². The molecule has 0 saturated carbocycles. The number of rotatable bonds is 7. The van der Waals surface area contributed by atoms with Gasteiger partial charge in [-0.05, 0) is 80.6 Å². The predicted molar refractivity (Wildman–Crippen MR) is 128 cm³/mol. The second-order valence-corrected chi connectivity index (χ2v) is 8.13. The molecule has 3 aromatic rings. The van der Waals surface area contributed by atoms with E-state index >= 15 is 0 Å². The van der Waals surface area contributed by atoms with Crippen LogP contribution in [0.15, 0.2) is 60.7 Å². The van der Waals surface area contributed by atoms with E-state index in [4.69, 9.17) is 11.6 Å². The van der Waals surface area contributed by atoms with Gasteiger partial charge in [0.05, 0.1) is 0 Å².